The van der Waals surface area contributed by atoms with Crippen LogP contribution in [0.15, 0.2) is 17.5 Å². The first kappa shape index (κ1) is 16.2. The van der Waals surface area contributed by atoms with Crippen molar-refractivity contribution in [1.29, 1.82) is 0 Å². The second kappa shape index (κ2) is 6.27. The topological polar surface area (TPSA) is 82.1 Å². The number of aromatic carboxylic acids is 1. The van der Waals surface area contributed by atoms with E-state index in [9.17, 15) is 14.7 Å². The van der Waals surface area contributed by atoms with Crippen LogP contribution in [0, 0.1) is 20.8 Å². The molecule has 0 aliphatic carbocycles. The molecule has 1 heterocycles. The molecule has 2 aromatic rings. The van der Waals surface area contributed by atoms with Crippen LogP contribution in [0.25, 0.3) is 0 Å². The zero-order chi connectivity index (χ0) is 16.4. The van der Waals surface area contributed by atoms with Crippen LogP contribution in [-0.4, -0.2) is 16.9 Å². The van der Waals surface area contributed by atoms with Gasteiger partial charge < -0.3 is 15.2 Å². The summed E-state index contributed by atoms with van der Waals surface area (Å²) in [5.74, 6) is -2.08. The summed E-state index contributed by atoms with van der Waals surface area (Å²) in [6.45, 7) is 7.59. The van der Waals surface area contributed by atoms with Crippen molar-refractivity contribution >= 4 is 28.9 Å². The van der Waals surface area contributed by atoms with Crippen molar-refractivity contribution in [3.63, 3.8) is 0 Å². The Hall–Kier alpha value is -2.21. The number of thiazole rings is 1. The third-order valence-corrected chi connectivity index (χ3v) is 4.45. The van der Waals surface area contributed by atoms with Gasteiger partial charge in [-0.2, -0.15) is 0 Å². The molecule has 0 aliphatic heterocycles. The minimum Gasteiger partial charge on any atom is -0.543 e. The molecule has 2 rings (SSSR count). The van der Waals surface area contributed by atoms with E-state index in [1.54, 1.807) is 6.92 Å². The number of anilines is 1. The molecule has 1 atom stereocenters. The molecule has 6 heteroatoms. The molecule has 22 heavy (non-hydrogen) atoms. The van der Waals surface area contributed by atoms with E-state index in [2.05, 4.69) is 10.3 Å². The quantitative estimate of drug-likeness (QED) is 0.937. The molecule has 0 unspecified atom stereocenters. The van der Waals surface area contributed by atoms with E-state index in [0.29, 0.717) is 5.01 Å². The number of aryl methyl sites for hydroxylation is 3. The highest BCUT2D eigenvalue weighted by Crippen LogP contribution is 2.25. The summed E-state index contributed by atoms with van der Waals surface area (Å²) < 4.78 is 0. The third kappa shape index (κ3) is 3.33. The van der Waals surface area contributed by atoms with Gasteiger partial charge in [0.25, 0.3) is 0 Å². The zero-order valence-electron chi connectivity index (χ0n) is 12.9. The molecular formula is C16H17N2O3S-. The molecule has 0 saturated heterocycles. The number of hydrogen-bond donors (Lipinski definition) is 1. The lowest BCUT2D eigenvalue weighted by molar-refractivity contribution is -0.255. The van der Waals surface area contributed by atoms with Crippen LogP contribution in [-0.2, 0) is 4.79 Å². The van der Waals surface area contributed by atoms with Crippen LogP contribution in [0.1, 0.15) is 45.0 Å². The van der Waals surface area contributed by atoms with Crippen molar-refractivity contribution in [3.8, 4) is 0 Å². The molecule has 1 aromatic carbocycles. The summed E-state index contributed by atoms with van der Waals surface area (Å²) in [5.41, 5.74) is 3.78. The summed E-state index contributed by atoms with van der Waals surface area (Å²) >= 11 is 1.14. The summed E-state index contributed by atoms with van der Waals surface area (Å²) in [6, 6.07) is 4.01. The van der Waals surface area contributed by atoms with E-state index in [1.165, 1.54) is 5.38 Å². The van der Waals surface area contributed by atoms with E-state index in [4.69, 9.17) is 0 Å². The highest BCUT2D eigenvalue weighted by Gasteiger charge is 2.20. The third-order valence-electron chi connectivity index (χ3n) is 3.42. The average molecular weight is 317 g/mol. The summed E-state index contributed by atoms with van der Waals surface area (Å²) in [5, 5.41) is 15.5. The van der Waals surface area contributed by atoms with Crippen LogP contribution in [0.5, 0.6) is 0 Å². The molecule has 5 nitrogen and oxygen atoms in total. The van der Waals surface area contributed by atoms with E-state index in [-0.39, 0.29) is 11.6 Å². The van der Waals surface area contributed by atoms with Gasteiger partial charge in [0.2, 0.25) is 5.91 Å². The lowest BCUT2D eigenvalue weighted by atomic mass is 10.0. The molecule has 0 saturated carbocycles. The Morgan fingerprint density at radius 3 is 2.32 bits per heavy atom. The SMILES string of the molecule is Cc1cc(C)c(NC(=O)[C@@H](C)c2nc(C(=O)[O-])cs2)c(C)c1. The first-order valence-electron chi connectivity index (χ1n) is 6.85. The number of aromatic nitrogens is 1. The van der Waals surface area contributed by atoms with Crippen molar-refractivity contribution in [2.75, 3.05) is 5.32 Å². The standard InChI is InChI=1S/C16H18N2O3S/c1-8-5-9(2)13(10(3)6-8)18-14(19)11(4)15-17-12(7-22-15)16(20)21/h5-7,11H,1-4H3,(H,18,19)(H,20,21)/p-1/t11-/m1/s1. The van der Waals surface area contributed by atoms with Gasteiger partial charge in [0.15, 0.2) is 0 Å². The smallest absolute Gasteiger partial charge is 0.234 e. The van der Waals surface area contributed by atoms with Gasteiger partial charge in [0.05, 0.1) is 17.6 Å². The van der Waals surface area contributed by atoms with E-state index < -0.39 is 11.9 Å². The van der Waals surface area contributed by atoms with Gasteiger partial charge >= 0.3 is 0 Å². The molecule has 1 N–H and O–H groups in total. The van der Waals surface area contributed by atoms with Crippen LogP contribution < -0.4 is 10.4 Å². The molecule has 0 spiro atoms. The van der Waals surface area contributed by atoms with Crippen molar-refractivity contribution in [2.45, 2.75) is 33.6 Å². The van der Waals surface area contributed by atoms with Gasteiger partial charge in [-0.3, -0.25) is 4.79 Å². The van der Waals surface area contributed by atoms with Crippen molar-refractivity contribution in [2.24, 2.45) is 0 Å². The first-order valence-corrected chi connectivity index (χ1v) is 7.73. The molecule has 0 fully saturated rings. The van der Waals surface area contributed by atoms with Crippen LogP contribution in [0.3, 0.4) is 0 Å². The number of carboxylic acids is 1. The second-order valence-corrected chi connectivity index (χ2v) is 6.23. The first-order chi connectivity index (χ1) is 10.3. The monoisotopic (exact) mass is 317 g/mol. The summed E-state index contributed by atoms with van der Waals surface area (Å²) in [6.07, 6.45) is 0. The number of nitrogens with zero attached hydrogens (tertiary/aromatic N) is 1. The zero-order valence-corrected chi connectivity index (χ0v) is 13.7. The second-order valence-electron chi connectivity index (χ2n) is 5.34. The molecule has 1 aromatic heterocycles. The van der Waals surface area contributed by atoms with Gasteiger partial charge in [-0.05, 0) is 38.8 Å². The van der Waals surface area contributed by atoms with E-state index in [0.717, 1.165) is 33.7 Å². The maximum Gasteiger partial charge on any atom is 0.234 e. The minimum atomic E-state index is -1.33. The molecule has 0 aliphatic rings. The Bertz CT molecular complexity index is 714. The van der Waals surface area contributed by atoms with Crippen LogP contribution in [0.4, 0.5) is 5.69 Å². The van der Waals surface area contributed by atoms with Crippen molar-refractivity contribution in [1.82, 2.24) is 4.98 Å². The summed E-state index contributed by atoms with van der Waals surface area (Å²) in [4.78, 5) is 27.1. The normalized spacial score (nSPS) is 12.0. The number of carbonyl (C=O) groups excluding carboxylic acids is 2. The average Bonchev–Trinajstić information content (AvgIpc) is 2.91. The molecule has 116 valence electrons. The minimum absolute atomic E-state index is 0.137. The van der Waals surface area contributed by atoms with Crippen molar-refractivity contribution < 1.29 is 14.7 Å². The van der Waals surface area contributed by atoms with E-state index in [1.807, 2.05) is 32.9 Å². The van der Waals surface area contributed by atoms with Gasteiger partial charge in [0.1, 0.15) is 5.01 Å². The predicted octanol–water partition coefficient (Wildman–Crippen LogP) is 2.17. The Kier molecular flexibility index (Phi) is 4.61. The molecule has 1 amide bonds. The number of carbonyl (C=O) groups is 2. The van der Waals surface area contributed by atoms with Gasteiger partial charge in [-0.15, -0.1) is 11.3 Å². The van der Waals surface area contributed by atoms with Gasteiger partial charge in [-0.25, -0.2) is 4.98 Å². The highest BCUT2D eigenvalue weighted by molar-refractivity contribution is 7.10. The molecular weight excluding hydrogens is 300 g/mol. The van der Waals surface area contributed by atoms with Crippen molar-refractivity contribution in [3.05, 3.63) is 44.9 Å². The predicted molar refractivity (Wildman–Crippen MR) is 84.1 cm³/mol. The Morgan fingerprint density at radius 1 is 1.23 bits per heavy atom. The lowest BCUT2D eigenvalue weighted by Crippen LogP contribution is -2.23. The van der Waals surface area contributed by atoms with Crippen LogP contribution >= 0.6 is 11.3 Å². The lowest BCUT2D eigenvalue weighted by Gasteiger charge is -2.15. The maximum absolute atomic E-state index is 12.4. The number of hydrogen-bond acceptors (Lipinski definition) is 5. The summed E-state index contributed by atoms with van der Waals surface area (Å²) in [7, 11) is 0. The Labute approximate surface area is 133 Å². The fourth-order valence-electron chi connectivity index (χ4n) is 2.30. The number of amides is 1. The fraction of sp³-hybridized carbons (Fsp3) is 0.312. The van der Waals surface area contributed by atoms with Gasteiger partial charge in [-0.1, -0.05) is 17.7 Å². The van der Waals surface area contributed by atoms with Crippen LogP contribution in [0.2, 0.25) is 0 Å². The molecule has 0 radical (unpaired) electrons. The number of benzene rings is 1. The van der Waals surface area contributed by atoms with Gasteiger partial charge in [0, 0.05) is 11.1 Å². The Morgan fingerprint density at radius 2 is 1.82 bits per heavy atom. The largest absolute Gasteiger partial charge is 0.543 e. The highest BCUT2D eigenvalue weighted by atomic mass is 32.1. The molecule has 0 bridgehead atoms. The number of rotatable bonds is 4. The fourth-order valence-corrected chi connectivity index (χ4v) is 3.14. The number of carboxylic acid groups (broad SMARTS) is 1. The Balaban J connectivity index is 2.19. The van der Waals surface area contributed by atoms with E-state index >= 15 is 0 Å². The maximum atomic E-state index is 12.4. The number of nitrogens with one attached hydrogen (secondary N) is 1.